The third-order valence-corrected chi connectivity index (χ3v) is 6.02. The van der Waals surface area contributed by atoms with Crippen molar-refractivity contribution in [1.82, 2.24) is 29.4 Å². The summed E-state index contributed by atoms with van der Waals surface area (Å²) in [5.41, 5.74) is 5.23. The fraction of sp³-hybridized carbons (Fsp3) is 0.400. The Labute approximate surface area is 185 Å². The normalized spacial score (nSPS) is 19.9. The van der Waals surface area contributed by atoms with Crippen molar-refractivity contribution in [1.29, 1.82) is 0 Å². The molecule has 0 saturated carbocycles. The Morgan fingerprint density at radius 3 is 2.72 bits per heavy atom. The van der Waals surface area contributed by atoms with E-state index < -0.39 is 40.3 Å². The maximum atomic E-state index is 12.9. The number of ketones is 1. The van der Waals surface area contributed by atoms with Gasteiger partial charge in [0.25, 0.3) is 11.8 Å². The van der Waals surface area contributed by atoms with Crippen molar-refractivity contribution in [3.05, 3.63) is 23.7 Å². The Morgan fingerprint density at radius 2 is 2.19 bits per heavy atom. The molecule has 172 valence electrons. The van der Waals surface area contributed by atoms with Crippen LogP contribution in [0, 0.1) is 0 Å². The third-order valence-electron chi connectivity index (χ3n) is 4.40. The van der Waals surface area contributed by atoms with Gasteiger partial charge < -0.3 is 15.9 Å². The van der Waals surface area contributed by atoms with E-state index in [0.29, 0.717) is 0 Å². The number of nitrogens with two attached hydrogens (primary N) is 1. The number of thiazole rings is 1. The number of carbonyl (C=O) groups is 3. The monoisotopic (exact) mass is 486 g/mol. The van der Waals surface area contributed by atoms with Crippen molar-refractivity contribution in [3.63, 3.8) is 0 Å². The van der Waals surface area contributed by atoms with Crippen molar-refractivity contribution in [2.45, 2.75) is 38.6 Å². The van der Waals surface area contributed by atoms with E-state index in [-0.39, 0.29) is 33.2 Å². The van der Waals surface area contributed by atoms with E-state index in [0.717, 1.165) is 11.3 Å². The molecule has 2 aromatic rings. The van der Waals surface area contributed by atoms with Crippen LogP contribution in [0.4, 0.5) is 5.13 Å². The van der Waals surface area contributed by atoms with Gasteiger partial charge in [0.05, 0.1) is 12.6 Å². The predicted octanol–water partition coefficient (Wildman–Crippen LogP) is -1.79. The first kappa shape index (κ1) is 23.2. The van der Waals surface area contributed by atoms with E-state index in [4.69, 9.17) is 10.6 Å². The van der Waals surface area contributed by atoms with E-state index in [9.17, 15) is 27.4 Å². The second-order valence-electron chi connectivity index (χ2n) is 6.62. The van der Waals surface area contributed by atoms with Crippen LogP contribution in [-0.4, -0.2) is 78.5 Å². The molecular weight excluding hydrogens is 468 g/mol. The van der Waals surface area contributed by atoms with Crippen molar-refractivity contribution in [2.24, 2.45) is 5.16 Å². The molecule has 3 rings (SSSR count). The maximum absolute atomic E-state index is 12.9. The lowest BCUT2D eigenvalue weighted by molar-refractivity contribution is -0.145. The van der Waals surface area contributed by atoms with Gasteiger partial charge in [-0.3, -0.25) is 23.6 Å². The summed E-state index contributed by atoms with van der Waals surface area (Å²) in [5.74, 6) is -2.36. The van der Waals surface area contributed by atoms with Gasteiger partial charge in [0.15, 0.2) is 22.7 Å². The Kier molecular flexibility index (Phi) is 6.51. The summed E-state index contributed by atoms with van der Waals surface area (Å²) in [5, 5.41) is 11.4. The number of anilines is 1. The molecule has 2 amide bonds. The number of nitrogens with zero attached hydrogens (tertiary/aromatic N) is 6. The molecule has 1 fully saturated rings. The molecule has 15 nitrogen and oxygen atoms in total. The van der Waals surface area contributed by atoms with E-state index in [1.165, 1.54) is 36.6 Å². The summed E-state index contributed by atoms with van der Waals surface area (Å²) in [6, 6.07) is -2.54. The lowest BCUT2D eigenvalue weighted by Crippen LogP contribution is -2.73. The zero-order chi connectivity index (χ0) is 23.6. The summed E-state index contributed by atoms with van der Waals surface area (Å²) >= 11 is 1.01. The number of amides is 2. The first-order chi connectivity index (χ1) is 15.0. The van der Waals surface area contributed by atoms with Gasteiger partial charge in [-0.15, -0.1) is 11.3 Å². The van der Waals surface area contributed by atoms with Gasteiger partial charge in [0.1, 0.15) is 24.4 Å². The Balaban J connectivity index is 1.85. The van der Waals surface area contributed by atoms with Gasteiger partial charge in [-0.2, -0.15) is 13.5 Å². The van der Waals surface area contributed by atoms with Crippen molar-refractivity contribution in [2.75, 3.05) is 5.73 Å². The molecule has 32 heavy (non-hydrogen) atoms. The molecular formula is C15H18N8O7S2. The summed E-state index contributed by atoms with van der Waals surface area (Å²) < 4.78 is 34.0. The molecule has 0 aromatic carbocycles. The number of nitrogen functional groups attached to an aromatic ring is 1. The number of Topliss-reactive ketones (excluding diaryl/α,β-unsaturated/α-hetero) is 1. The maximum Gasteiger partial charge on any atom is 0.362 e. The highest BCUT2D eigenvalue weighted by Gasteiger charge is 2.54. The van der Waals surface area contributed by atoms with E-state index in [1.807, 2.05) is 0 Å². The molecule has 1 aliphatic rings. The summed E-state index contributed by atoms with van der Waals surface area (Å²) in [7, 11) is -4.89. The summed E-state index contributed by atoms with van der Waals surface area (Å²) in [4.78, 5) is 49.4. The minimum atomic E-state index is -4.89. The Morgan fingerprint density at radius 1 is 1.47 bits per heavy atom. The topological polar surface area (TPSA) is 212 Å². The predicted molar refractivity (Wildman–Crippen MR) is 108 cm³/mol. The van der Waals surface area contributed by atoms with Crippen molar-refractivity contribution < 1.29 is 32.2 Å². The van der Waals surface area contributed by atoms with Crippen LogP contribution in [0.5, 0.6) is 0 Å². The van der Waals surface area contributed by atoms with Gasteiger partial charge in [0.2, 0.25) is 0 Å². The molecule has 4 N–H and O–H groups in total. The summed E-state index contributed by atoms with van der Waals surface area (Å²) in [6.45, 7) is 2.50. The average molecular weight is 486 g/mol. The van der Waals surface area contributed by atoms with E-state index >= 15 is 0 Å². The van der Waals surface area contributed by atoms with Crippen LogP contribution >= 0.6 is 11.3 Å². The number of aromatic nitrogens is 4. The van der Waals surface area contributed by atoms with Crippen LogP contribution in [0.3, 0.4) is 0 Å². The molecule has 3 atom stereocenters. The standard InChI is InChI=1S/C15H18N8O7S2/c1-7(24)8(2)30-21-11(9-4-31-15(16)19-9)13(25)20-12-10(3-22-6-17-5-18-22)23(14(12)26)32(27,28)29/h4-6,8,10,12H,3H2,1-2H3,(H2,16,19)(H,20,25)(H,27,28,29). The van der Waals surface area contributed by atoms with Crippen LogP contribution in [-0.2, 0) is 36.1 Å². The minimum Gasteiger partial charge on any atom is -0.384 e. The number of nitrogens with one attached hydrogen (secondary N) is 1. The molecule has 0 aliphatic carbocycles. The Hall–Kier alpha value is -3.44. The molecule has 1 saturated heterocycles. The first-order valence-electron chi connectivity index (χ1n) is 8.88. The zero-order valence-corrected chi connectivity index (χ0v) is 18.3. The van der Waals surface area contributed by atoms with Gasteiger partial charge in [-0.05, 0) is 13.8 Å². The Bertz CT molecular complexity index is 1160. The van der Waals surface area contributed by atoms with Crippen LogP contribution in [0.1, 0.15) is 19.5 Å². The van der Waals surface area contributed by atoms with Crippen molar-refractivity contribution >= 4 is 50.1 Å². The number of rotatable bonds is 9. The minimum absolute atomic E-state index is 0.0204. The van der Waals surface area contributed by atoms with Crippen LogP contribution in [0.2, 0.25) is 0 Å². The van der Waals surface area contributed by atoms with E-state index in [1.54, 1.807) is 0 Å². The second kappa shape index (κ2) is 8.97. The molecule has 3 heterocycles. The van der Waals surface area contributed by atoms with Gasteiger partial charge in [-0.25, -0.2) is 14.3 Å². The van der Waals surface area contributed by atoms with Crippen LogP contribution < -0.4 is 11.1 Å². The molecule has 17 heteroatoms. The second-order valence-corrected chi connectivity index (χ2v) is 8.80. The fourth-order valence-corrected chi connectivity index (χ4v) is 4.10. The molecule has 0 spiro atoms. The number of oxime groups is 1. The lowest BCUT2D eigenvalue weighted by Gasteiger charge is -2.43. The number of β-lactam (4-membered cyclic amide) rings is 1. The number of hydrogen-bond donors (Lipinski definition) is 3. The highest BCUT2D eigenvalue weighted by Crippen LogP contribution is 2.25. The molecule has 1 aliphatic heterocycles. The van der Waals surface area contributed by atoms with Crippen LogP contribution in [0.15, 0.2) is 23.2 Å². The van der Waals surface area contributed by atoms with Gasteiger partial charge in [-0.1, -0.05) is 5.16 Å². The van der Waals surface area contributed by atoms with Gasteiger partial charge in [0, 0.05) is 5.38 Å². The molecule has 3 unspecified atom stereocenters. The molecule has 2 aromatic heterocycles. The largest absolute Gasteiger partial charge is 0.384 e. The molecule has 0 bridgehead atoms. The smallest absolute Gasteiger partial charge is 0.362 e. The quantitative estimate of drug-likeness (QED) is 0.156. The molecule has 0 radical (unpaired) electrons. The zero-order valence-electron chi connectivity index (χ0n) is 16.6. The first-order valence-corrected chi connectivity index (χ1v) is 11.2. The van der Waals surface area contributed by atoms with E-state index in [2.05, 4.69) is 25.5 Å². The van der Waals surface area contributed by atoms with Crippen molar-refractivity contribution in [3.8, 4) is 0 Å². The third kappa shape index (κ3) is 4.89. The van der Waals surface area contributed by atoms with Crippen LogP contribution in [0.25, 0.3) is 0 Å². The number of hydrogen-bond acceptors (Lipinski definition) is 12. The average Bonchev–Trinajstić information content (AvgIpc) is 3.36. The lowest BCUT2D eigenvalue weighted by atomic mass is 9.98. The SMILES string of the molecule is CC(=O)C(C)ON=C(C(=O)NC1C(=O)N(S(=O)(=O)O)C1Cn1cncn1)c1csc(N)n1. The summed E-state index contributed by atoms with van der Waals surface area (Å²) in [6.07, 6.45) is 1.50. The fourth-order valence-electron chi connectivity index (χ4n) is 2.68. The highest BCUT2D eigenvalue weighted by molar-refractivity contribution is 7.84. The number of carbonyl (C=O) groups excluding carboxylic acids is 3. The van der Waals surface area contributed by atoms with Gasteiger partial charge >= 0.3 is 10.3 Å². The highest BCUT2D eigenvalue weighted by atomic mass is 32.2.